The Hall–Kier alpha value is -2.18. The van der Waals surface area contributed by atoms with Gasteiger partial charge < -0.3 is 5.73 Å². The van der Waals surface area contributed by atoms with Crippen LogP contribution in [0.4, 0.5) is 10.1 Å². The van der Waals surface area contributed by atoms with Crippen molar-refractivity contribution in [3.63, 3.8) is 0 Å². The van der Waals surface area contributed by atoms with Gasteiger partial charge in [0.15, 0.2) is 5.82 Å². The zero-order valence-corrected chi connectivity index (χ0v) is 12.0. The summed E-state index contributed by atoms with van der Waals surface area (Å²) in [5.74, 6) is -0.165. The number of anilines is 1. The van der Waals surface area contributed by atoms with E-state index in [1.54, 1.807) is 18.2 Å². The van der Waals surface area contributed by atoms with Crippen LogP contribution in [0.1, 0.15) is 0 Å². The van der Waals surface area contributed by atoms with Crippen molar-refractivity contribution in [2.24, 2.45) is 0 Å². The smallest absolute Gasteiger partial charge is 0.189 e. The number of rotatable bonds is 2. The topological polar surface area (TPSA) is 69.6 Å². The SMILES string of the molecule is Nc1ccc(F)cc1-c1nnnn1-c1cccc(Cl)c1Cl. The third-order valence-corrected chi connectivity index (χ3v) is 3.69. The number of tetrazole rings is 1. The fourth-order valence-corrected chi connectivity index (χ4v) is 2.27. The molecule has 2 aromatic carbocycles. The molecule has 2 N–H and O–H groups in total. The lowest BCUT2D eigenvalue weighted by Crippen LogP contribution is -2.03. The van der Waals surface area contributed by atoms with Crippen LogP contribution in [0.3, 0.4) is 0 Å². The summed E-state index contributed by atoms with van der Waals surface area (Å²) in [5, 5.41) is 12.0. The van der Waals surface area contributed by atoms with E-state index in [0.29, 0.717) is 27.0 Å². The first kappa shape index (κ1) is 13.8. The van der Waals surface area contributed by atoms with E-state index in [-0.39, 0.29) is 5.82 Å². The minimum absolute atomic E-state index is 0.274. The molecule has 0 amide bonds. The minimum atomic E-state index is -0.439. The van der Waals surface area contributed by atoms with Crippen LogP contribution >= 0.6 is 23.2 Å². The van der Waals surface area contributed by atoms with E-state index in [0.717, 1.165) is 0 Å². The number of hydrogen-bond donors (Lipinski definition) is 1. The van der Waals surface area contributed by atoms with Gasteiger partial charge in [0.25, 0.3) is 0 Å². The normalized spacial score (nSPS) is 10.8. The van der Waals surface area contributed by atoms with Crippen LogP contribution in [0.2, 0.25) is 10.0 Å². The van der Waals surface area contributed by atoms with E-state index < -0.39 is 5.82 Å². The molecule has 1 aromatic heterocycles. The maximum atomic E-state index is 13.4. The van der Waals surface area contributed by atoms with Crippen LogP contribution in [0.25, 0.3) is 17.1 Å². The summed E-state index contributed by atoms with van der Waals surface area (Å²) in [6.45, 7) is 0. The van der Waals surface area contributed by atoms with Crippen LogP contribution < -0.4 is 5.73 Å². The van der Waals surface area contributed by atoms with Gasteiger partial charge >= 0.3 is 0 Å². The summed E-state index contributed by atoms with van der Waals surface area (Å²) < 4.78 is 14.8. The zero-order valence-electron chi connectivity index (χ0n) is 10.5. The Balaban J connectivity index is 2.22. The lowest BCUT2D eigenvalue weighted by atomic mass is 10.1. The van der Waals surface area contributed by atoms with Crippen LogP contribution in [-0.4, -0.2) is 20.2 Å². The molecule has 0 unspecified atom stereocenters. The highest BCUT2D eigenvalue weighted by molar-refractivity contribution is 6.43. The number of aromatic nitrogens is 4. The number of hydrogen-bond acceptors (Lipinski definition) is 4. The molecular weight excluding hydrogens is 316 g/mol. The van der Waals surface area contributed by atoms with E-state index in [2.05, 4.69) is 15.5 Å². The molecule has 3 aromatic rings. The van der Waals surface area contributed by atoms with Crippen LogP contribution in [0.15, 0.2) is 36.4 Å². The fraction of sp³-hybridized carbons (Fsp3) is 0. The van der Waals surface area contributed by atoms with E-state index in [4.69, 9.17) is 28.9 Å². The van der Waals surface area contributed by atoms with Gasteiger partial charge in [-0.05, 0) is 40.8 Å². The molecule has 5 nitrogen and oxygen atoms in total. The van der Waals surface area contributed by atoms with E-state index in [9.17, 15) is 4.39 Å². The summed E-state index contributed by atoms with van der Waals surface area (Å²) in [6.07, 6.45) is 0. The molecule has 0 fully saturated rings. The lowest BCUT2D eigenvalue weighted by molar-refractivity contribution is 0.628. The Morgan fingerprint density at radius 1 is 1.14 bits per heavy atom. The van der Waals surface area contributed by atoms with Crippen LogP contribution in [0.5, 0.6) is 0 Å². The van der Waals surface area contributed by atoms with Crippen molar-refractivity contribution >= 4 is 28.9 Å². The maximum absolute atomic E-state index is 13.4. The monoisotopic (exact) mass is 323 g/mol. The Morgan fingerprint density at radius 3 is 2.76 bits per heavy atom. The van der Waals surface area contributed by atoms with Gasteiger partial charge in [0.2, 0.25) is 0 Å². The van der Waals surface area contributed by atoms with Gasteiger partial charge in [-0.25, -0.2) is 4.39 Å². The molecule has 0 aliphatic carbocycles. The van der Waals surface area contributed by atoms with Crippen LogP contribution in [0, 0.1) is 5.82 Å². The summed E-state index contributed by atoms with van der Waals surface area (Å²) in [6, 6.07) is 9.03. The van der Waals surface area contributed by atoms with Gasteiger partial charge in [0, 0.05) is 11.3 Å². The van der Waals surface area contributed by atoms with Gasteiger partial charge in [-0.3, -0.25) is 0 Å². The van der Waals surface area contributed by atoms with Crippen molar-refractivity contribution in [2.45, 2.75) is 0 Å². The second-order valence-corrected chi connectivity index (χ2v) is 5.00. The van der Waals surface area contributed by atoms with Crippen molar-refractivity contribution in [3.05, 3.63) is 52.3 Å². The molecule has 1 heterocycles. The third-order valence-electron chi connectivity index (χ3n) is 2.89. The molecule has 21 heavy (non-hydrogen) atoms. The zero-order chi connectivity index (χ0) is 15.0. The summed E-state index contributed by atoms with van der Waals surface area (Å²) in [7, 11) is 0. The molecule has 0 spiro atoms. The van der Waals surface area contributed by atoms with Crippen molar-refractivity contribution < 1.29 is 4.39 Å². The molecule has 0 saturated heterocycles. The first-order valence-corrected chi connectivity index (χ1v) is 6.61. The Labute approximate surface area is 129 Å². The third kappa shape index (κ3) is 2.43. The van der Waals surface area contributed by atoms with E-state index in [1.165, 1.54) is 22.9 Å². The molecule has 0 aliphatic rings. The second-order valence-electron chi connectivity index (χ2n) is 4.22. The van der Waals surface area contributed by atoms with Crippen molar-refractivity contribution in [2.75, 3.05) is 5.73 Å². The van der Waals surface area contributed by atoms with Gasteiger partial charge in [0.1, 0.15) is 5.82 Å². The van der Waals surface area contributed by atoms with Gasteiger partial charge in [-0.2, -0.15) is 4.68 Å². The second kappa shape index (κ2) is 5.31. The first-order chi connectivity index (χ1) is 10.1. The predicted octanol–water partition coefficient (Wildman–Crippen LogP) is 3.36. The van der Waals surface area contributed by atoms with Gasteiger partial charge in [-0.15, -0.1) is 5.10 Å². The maximum Gasteiger partial charge on any atom is 0.189 e. The summed E-state index contributed by atoms with van der Waals surface area (Å²) in [4.78, 5) is 0. The van der Waals surface area contributed by atoms with Crippen molar-refractivity contribution in [1.82, 2.24) is 20.2 Å². The van der Waals surface area contributed by atoms with Crippen LogP contribution in [-0.2, 0) is 0 Å². The van der Waals surface area contributed by atoms with E-state index >= 15 is 0 Å². The highest BCUT2D eigenvalue weighted by Gasteiger charge is 2.17. The Kier molecular flexibility index (Phi) is 3.48. The average molecular weight is 324 g/mol. The number of nitrogens with zero attached hydrogens (tertiary/aromatic N) is 4. The molecule has 0 radical (unpaired) electrons. The standard InChI is InChI=1S/C13H8Cl2FN5/c14-9-2-1-3-11(12(9)15)21-13(18-19-20-21)8-6-7(16)4-5-10(8)17/h1-6H,17H2. The van der Waals surface area contributed by atoms with Gasteiger partial charge in [-0.1, -0.05) is 29.3 Å². The van der Waals surface area contributed by atoms with Crippen molar-refractivity contribution in [3.8, 4) is 17.1 Å². The molecule has 0 bridgehead atoms. The molecule has 0 atom stereocenters. The minimum Gasteiger partial charge on any atom is -0.398 e. The first-order valence-electron chi connectivity index (χ1n) is 5.86. The lowest BCUT2D eigenvalue weighted by Gasteiger charge is -2.09. The molecule has 0 aliphatic heterocycles. The van der Waals surface area contributed by atoms with E-state index in [1.807, 2.05) is 0 Å². The predicted molar refractivity (Wildman–Crippen MR) is 79.0 cm³/mol. The van der Waals surface area contributed by atoms with Gasteiger partial charge in [0.05, 0.1) is 15.7 Å². The Bertz CT molecular complexity index is 802. The number of benzene rings is 2. The molecule has 106 valence electrons. The fourth-order valence-electron chi connectivity index (χ4n) is 1.90. The summed E-state index contributed by atoms with van der Waals surface area (Å²) in [5.41, 5.74) is 7.06. The molecule has 8 heteroatoms. The van der Waals surface area contributed by atoms with Crippen molar-refractivity contribution in [1.29, 1.82) is 0 Å². The quantitative estimate of drug-likeness (QED) is 0.734. The number of halogens is 3. The molecular formula is C13H8Cl2FN5. The average Bonchev–Trinajstić information content (AvgIpc) is 2.93. The highest BCUT2D eigenvalue weighted by Crippen LogP contribution is 2.31. The number of nitrogens with two attached hydrogens (primary N) is 1. The summed E-state index contributed by atoms with van der Waals surface area (Å²) >= 11 is 12.1. The highest BCUT2D eigenvalue weighted by atomic mass is 35.5. The number of nitrogen functional groups attached to an aromatic ring is 1. The largest absolute Gasteiger partial charge is 0.398 e. The molecule has 3 rings (SSSR count). The molecule has 0 saturated carbocycles. The Morgan fingerprint density at radius 2 is 1.95 bits per heavy atom.